The molecule has 0 aromatic heterocycles. The minimum atomic E-state index is -0.773. The summed E-state index contributed by atoms with van der Waals surface area (Å²) in [7, 11) is 0. The maximum Gasteiger partial charge on any atom is 0.0994 e. The second-order valence-corrected chi connectivity index (χ2v) is 6.62. The Morgan fingerprint density at radius 2 is 2.10 bits per heavy atom. The van der Waals surface area contributed by atoms with Crippen LogP contribution < -0.4 is 5.32 Å². The third-order valence-electron chi connectivity index (χ3n) is 4.70. The summed E-state index contributed by atoms with van der Waals surface area (Å²) in [5.74, 6) is 0.685. The Balaban J connectivity index is 1.96. The molecule has 2 N–H and O–H groups in total. The second-order valence-electron chi connectivity index (χ2n) is 6.62. The van der Waals surface area contributed by atoms with E-state index in [1.165, 1.54) is 12.8 Å². The summed E-state index contributed by atoms with van der Waals surface area (Å²) < 4.78 is 0. The molecule has 3 nitrogen and oxygen atoms in total. The van der Waals surface area contributed by atoms with E-state index in [-0.39, 0.29) is 0 Å². The quantitative estimate of drug-likeness (QED) is 0.845. The van der Waals surface area contributed by atoms with Crippen LogP contribution in [0.15, 0.2) is 30.3 Å². The molecule has 2 rings (SSSR count). The van der Waals surface area contributed by atoms with Gasteiger partial charge in [0.25, 0.3) is 0 Å². The first-order valence-corrected chi connectivity index (χ1v) is 8.26. The lowest BCUT2D eigenvalue weighted by Crippen LogP contribution is -2.48. The Labute approximate surface area is 129 Å². The van der Waals surface area contributed by atoms with Gasteiger partial charge in [0.2, 0.25) is 0 Å². The van der Waals surface area contributed by atoms with E-state index in [0.29, 0.717) is 18.5 Å². The minimum Gasteiger partial charge on any atom is -0.384 e. The summed E-state index contributed by atoms with van der Waals surface area (Å²) in [4.78, 5) is 2.43. The molecule has 0 saturated carbocycles. The molecule has 0 aliphatic carbocycles. The predicted octanol–water partition coefficient (Wildman–Crippen LogP) is 2.60. The summed E-state index contributed by atoms with van der Waals surface area (Å²) in [6, 6.07) is 10.6. The third kappa shape index (κ3) is 4.53. The van der Waals surface area contributed by atoms with Gasteiger partial charge in [0.15, 0.2) is 0 Å². The topological polar surface area (TPSA) is 35.5 Å². The summed E-state index contributed by atoms with van der Waals surface area (Å²) in [5.41, 5.74) is 0.233. The molecule has 1 aromatic rings. The van der Waals surface area contributed by atoms with Gasteiger partial charge in [0, 0.05) is 19.1 Å². The van der Waals surface area contributed by atoms with Gasteiger partial charge in [-0.05, 0) is 51.3 Å². The van der Waals surface area contributed by atoms with Crippen LogP contribution in [-0.2, 0) is 5.60 Å². The molecular weight excluding hydrogens is 260 g/mol. The van der Waals surface area contributed by atoms with Gasteiger partial charge >= 0.3 is 0 Å². The number of likely N-dealkylation sites (tertiary alicyclic amines) is 1. The fraction of sp³-hybridized carbons (Fsp3) is 0.667. The van der Waals surface area contributed by atoms with Crippen molar-refractivity contribution in [3.05, 3.63) is 35.9 Å². The molecule has 1 saturated heterocycles. The number of hydrogen-bond donors (Lipinski definition) is 2. The molecule has 1 aliphatic heterocycles. The molecule has 1 aliphatic rings. The molecule has 1 fully saturated rings. The molecule has 0 bridgehead atoms. The maximum absolute atomic E-state index is 10.8. The Morgan fingerprint density at radius 3 is 2.76 bits per heavy atom. The van der Waals surface area contributed by atoms with Crippen molar-refractivity contribution in [2.45, 2.75) is 45.3 Å². The summed E-state index contributed by atoms with van der Waals surface area (Å²) in [6.07, 6.45) is 2.52. The van der Waals surface area contributed by atoms with Crippen molar-refractivity contribution in [1.29, 1.82) is 0 Å². The van der Waals surface area contributed by atoms with E-state index in [2.05, 4.69) is 24.1 Å². The number of aliphatic hydroxyl groups is 1. The van der Waals surface area contributed by atoms with Crippen molar-refractivity contribution >= 4 is 0 Å². The first kappa shape index (κ1) is 16.5. The van der Waals surface area contributed by atoms with E-state index in [0.717, 1.165) is 25.2 Å². The van der Waals surface area contributed by atoms with Crippen LogP contribution in [0, 0.1) is 5.92 Å². The van der Waals surface area contributed by atoms with Crippen LogP contribution in [0.25, 0.3) is 0 Å². The van der Waals surface area contributed by atoms with Crippen molar-refractivity contribution in [2.24, 2.45) is 5.92 Å². The lowest BCUT2D eigenvalue weighted by atomic mass is 9.89. The Morgan fingerprint density at radius 1 is 1.38 bits per heavy atom. The molecular formula is C18H30N2O. The van der Waals surface area contributed by atoms with Gasteiger partial charge in [0.05, 0.1) is 5.60 Å². The van der Waals surface area contributed by atoms with E-state index in [1.807, 2.05) is 37.3 Å². The van der Waals surface area contributed by atoms with Crippen molar-refractivity contribution in [1.82, 2.24) is 10.2 Å². The van der Waals surface area contributed by atoms with Gasteiger partial charge in [-0.2, -0.15) is 0 Å². The number of piperidine rings is 1. The zero-order valence-corrected chi connectivity index (χ0v) is 13.7. The largest absolute Gasteiger partial charge is 0.384 e. The second kappa shape index (κ2) is 7.39. The Kier molecular flexibility index (Phi) is 5.80. The fourth-order valence-corrected chi connectivity index (χ4v) is 3.46. The van der Waals surface area contributed by atoms with Gasteiger partial charge in [-0.3, -0.25) is 4.90 Å². The number of benzene rings is 1. The first-order valence-electron chi connectivity index (χ1n) is 8.26. The first-order chi connectivity index (χ1) is 10.0. The molecule has 3 unspecified atom stereocenters. The van der Waals surface area contributed by atoms with Crippen molar-refractivity contribution in [2.75, 3.05) is 26.2 Å². The normalized spacial score (nSPS) is 24.5. The van der Waals surface area contributed by atoms with E-state index >= 15 is 0 Å². The molecule has 118 valence electrons. The highest BCUT2D eigenvalue weighted by molar-refractivity contribution is 5.21. The summed E-state index contributed by atoms with van der Waals surface area (Å²) >= 11 is 0. The summed E-state index contributed by atoms with van der Waals surface area (Å²) in [6.45, 7) is 10.3. The van der Waals surface area contributed by atoms with Crippen LogP contribution in [0.1, 0.15) is 39.2 Å². The zero-order chi connectivity index (χ0) is 15.3. The highest BCUT2D eigenvalue weighted by Gasteiger charge is 2.30. The Hall–Kier alpha value is -0.900. The van der Waals surface area contributed by atoms with Crippen LogP contribution in [0.5, 0.6) is 0 Å². The molecule has 0 radical (unpaired) electrons. The van der Waals surface area contributed by atoms with E-state index in [4.69, 9.17) is 0 Å². The fourth-order valence-electron chi connectivity index (χ4n) is 3.46. The molecule has 3 heteroatoms. The van der Waals surface area contributed by atoms with Crippen LogP contribution in [0.2, 0.25) is 0 Å². The van der Waals surface area contributed by atoms with Crippen molar-refractivity contribution < 1.29 is 5.11 Å². The van der Waals surface area contributed by atoms with E-state index in [9.17, 15) is 5.11 Å². The van der Waals surface area contributed by atoms with Crippen molar-refractivity contribution in [3.63, 3.8) is 0 Å². The standard InChI is InChI=1S/C18H30N2O/c1-4-19-15(2)16-9-8-12-20(13-16)14-18(3,21)17-10-6-5-7-11-17/h5-7,10-11,15-16,19,21H,4,8-9,12-14H2,1-3H3. The van der Waals surface area contributed by atoms with Gasteiger partial charge in [-0.1, -0.05) is 37.3 Å². The third-order valence-corrected chi connectivity index (χ3v) is 4.70. The molecule has 1 aromatic carbocycles. The minimum absolute atomic E-state index is 0.555. The van der Waals surface area contributed by atoms with Crippen LogP contribution in [0.3, 0.4) is 0 Å². The molecule has 1 heterocycles. The highest BCUT2D eigenvalue weighted by atomic mass is 16.3. The number of nitrogens with zero attached hydrogens (tertiary/aromatic N) is 1. The average molecular weight is 290 g/mol. The number of hydrogen-bond acceptors (Lipinski definition) is 3. The van der Waals surface area contributed by atoms with Gasteiger partial charge in [-0.15, -0.1) is 0 Å². The monoisotopic (exact) mass is 290 g/mol. The molecule has 21 heavy (non-hydrogen) atoms. The number of rotatable bonds is 6. The molecule has 0 spiro atoms. The van der Waals surface area contributed by atoms with Gasteiger partial charge in [-0.25, -0.2) is 0 Å². The van der Waals surface area contributed by atoms with Crippen LogP contribution in [0.4, 0.5) is 0 Å². The smallest absolute Gasteiger partial charge is 0.0994 e. The lowest BCUT2D eigenvalue weighted by Gasteiger charge is -2.39. The SMILES string of the molecule is CCNC(C)C1CCCN(CC(C)(O)c2ccccc2)C1. The highest BCUT2D eigenvalue weighted by Crippen LogP contribution is 2.26. The summed E-state index contributed by atoms with van der Waals surface area (Å²) in [5, 5.41) is 14.4. The zero-order valence-electron chi connectivity index (χ0n) is 13.7. The van der Waals surface area contributed by atoms with Crippen LogP contribution >= 0.6 is 0 Å². The molecule has 3 atom stereocenters. The van der Waals surface area contributed by atoms with Crippen LogP contribution in [-0.4, -0.2) is 42.2 Å². The van der Waals surface area contributed by atoms with Crippen molar-refractivity contribution in [3.8, 4) is 0 Å². The van der Waals surface area contributed by atoms with E-state index < -0.39 is 5.60 Å². The predicted molar refractivity (Wildman–Crippen MR) is 88.3 cm³/mol. The number of β-amino-alcohol motifs (C(OH)–C–C–N with tert-alkyl or cyclic N) is 1. The lowest BCUT2D eigenvalue weighted by molar-refractivity contribution is 0.000695. The number of nitrogens with one attached hydrogen (secondary N) is 1. The average Bonchev–Trinajstić information content (AvgIpc) is 2.48. The van der Waals surface area contributed by atoms with Gasteiger partial charge < -0.3 is 10.4 Å². The molecule has 0 amide bonds. The van der Waals surface area contributed by atoms with Gasteiger partial charge in [0.1, 0.15) is 0 Å². The van der Waals surface area contributed by atoms with E-state index in [1.54, 1.807) is 0 Å². The Bertz CT molecular complexity index is 418. The maximum atomic E-state index is 10.8.